The maximum atomic E-state index is 12.3. The SMILES string of the molecule is COc1cccc(O[C@H](C)C(=O)Nc2ccc(OC)c(OC)c2)c1. The largest absolute Gasteiger partial charge is 0.497 e. The molecule has 6 heteroatoms. The molecule has 0 aliphatic carbocycles. The van der Waals surface area contributed by atoms with Crippen molar-refractivity contribution in [2.24, 2.45) is 0 Å². The van der Waals surface area contributed by atoms with Crippen LogP contribution in [-0.2, 0) is 4.79 Å². The van der Waals surface area contributed by atoms with E-state index in [1.165, 1.54) is 7.11 Å². The number of amides is 1. The van der Waals surface area contributed by atoms with Crippen molar-refractivity contribution in [3.05, 3.63) is 42.5 Å². The Balaban J connectivity index is 2.03. The second kappa shape index (κ2) is 8.10. The summed E-state index contributed by atoms with van der Waals surface area (Å²) in [6.45, 7) is 1.68. The summed E-state index contributed by atoms with van der Waals surface area (Å²) < 4.78 is 21.2. The predicted molar refractivity (Wildman–Crippen MR) is 91.3 cm³/mol. The van der Waals surface area contributed by atoms with Gasteiger partial charge in [0.05, 0.1) is 21.3 Å². The molecule has 0 spiro atoms. The van der Waals surface area contributed by atoms with Crippen LogP contribution in [0.4, 0.5) is 5.69 Å². The monoisotopic (exact) mass is 331 g/mol. The molecule has 2 aromatic rings. The van der Waals surface area contributed by atoms with Crippen molar-refractivity contribution in [3.8, 4) is 23.0 Å². The zero-order valence-corrected chi connectivity index (χ0v) is 14.2. The molecular formula is C18H21NO5. The third-order valence-electron chi connectivity index (χ3n) is 3.37. The molecule has 2 rings (SSSR count). The lowest BCUT2D eigenvalue weighted by Crippen LogP contribution is -2.30. The molecule has 0 radical (unpaired) electrons. The zero-order chi connectivity index (χ0) is 17.5. The molecule has 0 aromatic heterocycles. The third-order valence-corrected chi connectivity index (χ3v) is 3.37. The smallest absolute Gasteiger partial charge is 0.265 e. The molecule has 0 fully saturated rings. The van der Waals surface area contributed by atoms with Gasteiger partial charge in [-0.05, 0) is 31.2 Å². The minimum atomic E-state index is -0.676. The van der Waals surface area contributed by atoms with E-state index in [0.717, 1.165) is 0 Å². The molecule has 0 bridgehead atoms. The van der Waals surface area contributed by atoms with Crippen LogP contribution >= 0.6 is 0 Å². The average Bonchev–Trinajstić information content (AvgIpc) is 2.61. The van der Waals surface area contributed by atoms with Gasteiger partial charge >= 0.3 is 0 Å². The van der Waals surface area contributed by atoms with Crippen LogP contribution in [0.25, 0.3) is 0 Å². The fourth-order valence-corrected chi connectivity index (χ4v) is 2.09. The van der Waals surface area contributed by atoms with Gasteiger partial charge in [0.2, 0.25) is 0 Å². The Kier molecular flexibility index (Phi) is 5.89. The Morgan fingerprint density at radius 2 is 1.62 bits per heavy atom. The Morgan fingerprint density at radius 3 is 2.29 bits per heavy atom. The summed E-state index contributed by atoms with van der Waals surface area (Å²) in [5.74, 6) is 2.09. The minimum absolute atomic E-state index is 0.273. The molecule has 24 heavy (non-hydrogen) atoms. The molecule has 0 saturated heterocycles. The highest BCUT2D eigenvalue weighted by molar-refractivity contribution is 5.94. The van der Waals surface area contributed by atoms with Crippen LogP contribution < -0.4 is 24.3 Å². The Labute approximate surface area is 141 Å². The molecule has 0 aliphatic heterocycles. The fraction of sp³-hybridized carbons (Fsp3) is 0.278. The number of carbonyl (C=O) groups excluding carboxylic acids is 1. The number of nitrogens with one attached hydrogen (secondary N) is 1. The van der Waals surface area contributed by atoms with Crippen molar-refractivity contribution >= 4 is 11.6 Å². The summed E-state index contributed by atoms with van der Waals surface area (Å²) in [5.41, 5.74) is 0.596. The zero-order valence-electron chi connectivity index (χ0n) is 14.2. The summed E-state index contributed by atoms with van der Waals surface area (Å²) in [6, 6.07) is 12.2. The molecule has 1 amide bonds. The normalized spacial score (nSPS) is 11.3. The third kappa shape index (κ3) is 4.32. The lowest BCUT2D eigenvalue weighted by Gasteiger charge is -2.16. The van der Waals surface area contributed by atoms with Crippen LogP contribution in [-0.4, -0.2) is 33.3 Å². The summed E-state index contributed by atoms with van der Waals surface area (Å²) in [7, 11) is 4.67. The number of hydrogen-bond donors (Lipinski definition) is 1. The van der Waals surface area contributed by atoms with Gasteiger partial charge in [0.15, 0.2) is 17.6 Å². The van der Waals surface area contributed by atoms with E-state index in [2.05, 4.69) is 5.32 Å². The van der Waals surface area contributed by atoms with Crippen molar-refractivity contribution in [3.63, 3.8) is 0 Å². The molecule has 1 atom stereocenters. The first-order valence-corrected chi connectivity index (χ1v) is 7.41. The first-order valence-electron chi connectivity index (χ1n) is 7.41. The fourth-order valence-electron chi connectivity index (χ4n) is 2.09. The van der Waals surface area contributed by atoms with Gasteiger partial charge in [-0.1, -0.05) is 6.07 Å². The van der Waals surface area contributed by atoms with Crippen molar-refractivity contribution in [2.75, 3.05) is 26.6 Å². The molecule has 128 valence electrons. The molecule has 0 heterocycles. The number of rotatable bonds is 7. The van der Waals surface area contributed by atoms with Crippen LogP contribution in [0, 0.1) is 0 Å². The highest BCUT2D eigenvalue weighted by Crippen LogP contribution is 2.29. The van der Waals surface area contributed by atoms with Crippen LogP contribution in [0.15, 0.2) is 42.5 Å². The number of ether oxygens (including phenoxy) is 4. The van der Waals surface area contributed by atoms with E-state index < -0.39 is 6.10 Å². The van der Waals surface area contributed by atoms with Gasteiger partial charge in [-0.15, -0.1) is 0 Å². The molecule has 6 nitrogen and oxygen atoms in total. The summed E-state index contributed by atoms with van der Waals surface area (Å²) in [4.78, 5) is 12.3. The first kappa shape index (κ1) is 17.5. The highest BCUT2D eigenvalue weighted by atomic mass is 16.5. The molecular weight excluding hydrogens is 310 g/mol. The Bertz CT molecular complexity index is 702. The van der Waals surface area contributed by atoms with E-state index >= 15 is 0 Å². The first-order chi connectivity index (χ1) is 11.6. The van der Waals surface area contributed by atoms with Crippen LogP contribution in [0.2, 0.25) is 0 Å². The van der Waals surface area contributed by atoms with Gasteiger partial charge in [-0.25, -0.2) is 0 Å². The summed E-state index contributed by atoms with van der Waals surface area (Å²) in [5, 5.41) is 2.79. The molecule has 0 unspecified atom stereocenters. The van der Waals surface area contributed by atoms with E-state index in [1.54, 1.807) is 63.6 Å². The lowest BCUT2D eigenvalue weighted by molar-refractivity contribution is -0.122. The molecule has 0 saturated carbocycles. The maximum Gasteiger partial charge on any atom is 0.265 e. The van der Waals surface area contributed by atoms with E-state index in [0.29, 0.717) is 28.7 Å². The Morgan fingerprint density at radius 1 is 0.917 bits per heavy atom. The topological polar surface area (TPSA) is 66.0 Å². The van der Waals surface area contributed by atoms with Gasteiger partial charge in [0.1, 0.15) is 11.5 Å². The van der Waals surface area contributed by atoms with Crippen LogP contribution in [0.1, 0.15) is 6.92 Å². The van der Waals surface area contributed by atoms with Crippen molar-refractivity contribution in [1.29, 1.82) is 0 Å². The van der Waals surface area contributed by atoms with E-state index in [9.17, 15) is 4.79 Å². The van der Waals surface area contributed by atoms with E-state index in [1.807, 2.05) is 0 Å². The number of benzene rings is 2. The standard InChI is InChI=1S/C18H21NO5/c1-12(24-15-7-5-6-14(11-15)21-2)18(20)19-13-8-9-16(22-3)17(10-13)23-4/h5-12H,1-4H3,(H,19,20)/t12-/m1/s1. The number of carbonyl (C=O) groups is 1. The van der Waals surface area contributed by atoms with Crippen LogP contribution in [0.5, 0.6) is 23.0 Å². The van der Waals surface area contributed by atoms with Gasteiger partial charge in [0.25, 0.3) is 5.91 Å². The van der Waals surface area contributed by atoms with Crippen molar-refractivity contribution in [1.82, 2.24) is 0 Å². The molecule has 2 aromatic carbocycles. The summed E-state index contributed by atoms with van der Waals surface area (Å²) >= 11 is 0. The van der Waals surface area contributed by atoms with Gasteiger partial charge in [0, 0.05) is 17.8 Å². The number of methoxy groups -OCH3 is 3. The quantitative estimate of drug-likeness (QED) is 0.844. The van der Waals surface area contributed by atoms with Gasteiger partial charge < -0.3 is 24.3 Å². The average molecular weight is 331 g/mol. The minimum Gasteiger partial charge on any atom is -0.497 e. The van der Waals surface area contributed by atoms with Crippen molar-refractivity contribution in [2.45, 2.75) is 13.0 Å². The highest BCUT2D eigenvalue weighted by Gasteiger charge is 2.16. The van der Waals surface area contributed by atoms with Gasteiger partial charge in [-0.3, -0.25) is 4.79 Å². The number of hydrogen-bond acceptors (Lipinski definition) is 5. The second-order valence-corrected chi connectivity index (χ2v) is 5.00. The maximum absolute atomic E-state index is 12.3. The van der Waals surface area contributed by atoms with E-state index in [-0.39, 0.29) is 5.91 Å². The summed E-state index contributed by atoms with van der Waals surface area (Å²) in [6.07, 6.45) is -0.676. The van der Waals surface area contributed by atoms with Crippen molar-refractivity contribution < 1.29 is 23.7 Å². The van der Waals surface area contributed by atoms with Crippen LogP contribution in [0.3, 0.4) is 0 Å². The molecule has 1 N–H and O–H groups in total. The van der Waals surface area contributed by atoms with Gasteiger partial charge in [-0.2, -0.15) is 0 Å². The molecule has 0 aliphatic rings. The lowest BCUT2D eigenvalue weighted by atomic mass is 10.2. The second-order valence-electron chi connectivity index (χ2n) is 5.00. The van der Waals surface area contributed by atoms with E-state index in [4.69, 9.17) is 18.9 Å². The number of anilines is 1. The Hall–Kier alpha value is -2.89. The predicted octanol–water partition coefficient (Wildman–Crippen LogP) is 3.12.